The van der Waals surface area contributed by atoms with Gasteiger partial charge in [-0.05, 0) is 35.1 Å². The molecule has 3 atom stereocenters. The molecule has 2 aromatic rings. The number of carboxylic acid groups (broad SMARTS) is 1. The quantitative estimate of drug-likeness (QED) is 0.568. The van der Waals surface area contributed by atoms with Gasteiger partial charge in [-0.15, -0.1) is 0 Å². The predicted molar refractivity (Wildman–Crippen MR) is 130 cm³/mol. The van der Waals surface area contributed by atoms with E-state index in [2.05, 4.69) is 29.6 Å². The van der Waals surface area contributed by atoms with Gasteiger partial charge in [0.05, 0.1) is 18.4 Å². The second-order valence-corrected chi connectivity index (χ2v) is 9.06. The number of fused-ring (bicyclic) bond motifs is 3. The van der Waals surface area contributed by atoms with Gasteiger partial charge in [0.25, 0.3) is 0 Å². The van der Waals surface area contributed by atoms with E-state index in [0.29, 0.717) is 19.4 Å². The molecule has 3 unspecified atom stereocenters. The maximum Gasteiger partial charge on any atom is 0.407 e. The number of carbonyl (C=O) groups is 3. The van der Waals surface area contributed by atoms with Gasteiger partial charge in [-0.2, -0.15) is 0 Å². The number of alkyl carbamates (subject to hydrolysis) is 1. The highest BCUT2D eigenvalue weighted by atomic mass is 16.5. The molecule has 1 saturated heterocycles. The fourth-order valence-electron chi connectivity index (χ4n) is 5.35. The van der Waals surface area contributed by atoms with Crippen molar-refractivity contribution in [1.29, 1.82) is 0 Å². The van der Waals surface area contributed by atoms with Gasteiger partial charge in [0.1, 0.15) is 6.61 Å². The highest BCUT2D eigenvalue weighted by Crippen LogP contribution is 2.44. The van der Waals surface area contributed by atoms with E-state index in [9.17, 15) is 19.5 Å². The molecule has 2 N–H and O–H groups in total. The topological polar surface area (TPSA) is 105 Å². The summed E-state index contributed by atoms with van der Waals surface area (Å²) in [6, 6.07) is 15.9. The minimum atomic E-state index is -0.868. The summed E-state index contributed by atoms with van der Waals surface area (Å²) >= 11 is 0. The highest BCUT2D eigenvalue weighted by Gasteiger charge is 2.40. The van der Waals surface area contributed by atoms with Gasteiger partial charge >= 0.3 is 12.1 Å². The Morgan fingerprint density at radius 2 is 1.71 bits per heavy atom. The average Bonchev–Trinajstić information content (AvgIpc) is 3.45. The SMILES string of the molecule is CCC1C(C(=O)O)CCN1C(=O)CC(CNC(=O)OCC1c2ccccc2-c2ccccc21)OC. The summed E-state index contributed by atoms with van der Waals surface area (Å²) in [7, 11) is 1.48. The van der Waals surface area contributed by atoms with Gasteiger partial charge in [0, 0.05) is 32.2 Å². The van der Waals surface area contributed by atoms with Gasteiger partial charge in [0.2, 0.25) is 5.91 Å². The number of rotatable bonds is 9. The lowest BCUT2D eigenvalue weighted by atomic mass is 9.98. The first-order valence-corrected chi connectivity index (χ1v) is 12.1. The van der Waals surface area contributed by atoms with E-state index >= 15 is 0 Å². The van der Waals surface area contributed by atoms with Gasteiger partial charge in [-0.3, -0.25) is 9.59 Å². The molecule has 1 aliphatic carbocycles. The van der Waals surface area contributed by atoms with Crippen LogP contribution in [0.3, 0.4) is 0 Å². The van der Waals surface area contributed by atoms with Crippen molar-refractivity contribution in [2.75, 3.05) is 26.8 Å². The van der Waals surface area contributed by atoms with Crippen LogP contribution in [0.5, 0.6) is 0 Å². The van der Waals surface area contributed by atoms with E-state index in [4.69, 9.17) is 9.47 Å². The third kappa shape index (κ3) is 5.17. The zero-order valence-corrected chi connectivity index (χ0v) is 20.1. The van der Waals surface area contributed by atoms with Crippen LogP contribution in [0.1, 0.15) is 43.2 Å². The number of ether oxygens (including phenoxy) is 2. The molecule has 0 bridgehead atoms. The number of benzene rings is 2. The van der Waals surface area contributed by atoms with E-state index < -0.39 is 24.1 Å². The minimum Gasteiger partial charge on any atom is -0.481 e. The molecule has 1 fully saturated rings. The number of carbonyl (C=O) groups excluding carboxylic acids is 2. The van der Waals surface area contributed by atoms with Gasteiger partial charge in [-0.1, -0.05) is 55.5 Å². The Morgan fingerprint density at radius 1 is 1.09 bits per heavy atom. The molecule has 2 aromatic carbocycles. The second-order valence-electron chi connectivity index (χ2n) is 9.06. The smallest absolute Gasteiger partial charge is 0.407 e. The predicted octanol–water partition coefficient (Wildman–Crippen LogP) is 3.64. The number of amides is 2. The van der Waals surface area contributed by atoms with Crippen LogP contribution in [-0.2, 0) is 19.1 Å². The molecule has 186 valence electrons. The van der Waals surface area contributed by atoms with Gasteiger partial charge in [-0.25, -0.2) is 4.79 Å². The second kappa shape index (κ2) is 10.9. The average molecular weight is 481 g/mol. The number of hydrogen-bond acceptors (Lipinski definition) is 5. The molecule has 1 heterocycles. The summed E-state index contributed by atoms with van der Waals surface area (Å²) in [6.45, 7) is 2.63. The number of nitrogens with one attached hydrogen (secondary N) is 1. The zero-order valence-electron chi connectivity index (χ0n) is 20.1. The minimum absolute atomic E-state index is 0.0312. The molecule has 0 spiro atoms. The van der Waals surface area contributed by atoms with E-state index in [0.717, 1.165) is 22.3 Å². The Hall–Kier alpha value is -3.39. The molecule has 1 aliphatic heterocycles. The van der Waals surface area contributed by atoms with E-state index in [1.807, 2.05) is 31.2 Å². The van der Waals surface area contributed by atoms with Crippen molar-refractivity contribution in [3.8, 4) is 11.1 Å². The van der Waals surface area contributed by atoms with Crippen LogP contribution in [0.2, 0.25) is 0 Å². The molecule has 8 nitrogen and oxygen atoms in total. The number of aliphatic carboxylic acids is 1. The van der Waals surface area contributed by atoms with Gasteiger partial charge < -0.3 is 24.8 Å². The van der Waals surface area contributed by atoms with Crippen LogP contribution in [0, 0.1) is 5.92 Å². The monoisotopic (exact) mass is 480 g/mol. The maximum absolute atomic E-state index is 12.8. The largest absolute Gasteiger partial charge is 0.481 e. The molecular formula is C27H32N2O6. The standard InChI is InChI=1S/C27H32N2O6/c1-3-24-22(26(31)32)12-13-29(24)25(30)14-17(34-2)15-28-27(33)35-16-23-20-10-6-4-8-18(20)19-9-5-7-11-21(19)23/h4-11,17,22-24H,3,12-16H2,1-2H3,(H,28,33)(H,31,32). The van der Waals surface area contributed by atoms with Crippen LogP contribution < -0.4 is 5.32 Å². The molecule has 2 aliphatic rings. The van der Waals surface area contributed by atoms with E-state index in [-0.39, 0.29) is 37.4 Å². The number of carboxylic acids is 1. The van der Waals surface area contributed by atoms with Crippen molar-refractivity contribution in [3.05, 3.63) is 59.7 Å². The summed E-state index contributed by atoms with van der Waals surface area (Å²) in [5.41, 5.74) is 4.59. The summed E-state index contributed by atoms with van der Waals surface area (Å²) in [5.74, 6) is -1.60. The Bertz CT molecular complexity index is 1040. The fraction of sp³-hybridized carbons (Fsp3) is 0.444. The molecule has 0 saturated carbocycles. The van der Waals surface area contributed by atoms with Crippen LogP contribution >= 0.6 is 0 Å². The Balaban J connectivity index is 1.29. The Kier molecular flexibility index (Phi) is 7.70. The van der Waals surface area contributed by atoms with Crippen LogP contribution in [0.4, 0.5) is 4.79 Å². The van der Waals surface area contributed by atoms with E-state index in [1.54, 1.807) is 4.90 Å². The lowest BCUT2D eigenvalue weighted by Gasteiger charge is -2.27. The van der Waals surface area contributed by atoms with Crippen molar-refractivity contribution < 1.29 is 29.0 Å². The zero-order chi connectivity index (χ0) is 24.9. The number of nitrogens with zero attached hydrogens (tertiary/aromatic N) is 1. The molecule has 0 radical (unpaired) electrons. The number of likely N-dealkylation sites (tertiary alicyclic amines) is 1. The molecule has 35 heavy (non-hydrogen) atoms. The van der Waals surface area contributed by atoms with Crippen LogP contribution in [-0.4, -0.2) is 66.9 Å². The first-order chi connectivity index (χ1) is 16.9. The third-order valence-electron chi connectivity index (χ3n) is 7.15. The van der Waals surface area contributed by atoms with E-state index in [1.165, 1.54) is 7.11 Å². The van der Waals surface area contributed by atoms with Crippen molar-refractivity contribution in [2.45, 2.75) is 44.2 Å². The van der Waals surface area contributed by atoms with Crippen molar-refractivity contribution in [1.82, 2.24) is 10.2 Å². The molecule has 0 aromatic heterocycles. The maximum atomic E-state index is 12.8. The van der Waals surface area contributed by atoms with Crippen LogP contribution in [0.25, 0.3) is 11.1 Å². The van der Waals surface area contributed by atoms with Crippen molar-refractivity contribution in [2.24, 2.45) is 5.92 Å². The third-order valence-corrected chi connectivity index (χ3v) is 7.15. The summed E-state index contributed by atoms with van der Waals surface area (Å²) in [4.78, 5) is 38.4. The van der Waals surface area contributed by atoms with Gasteiger partial charge in [0.15, 0.2) is 0 Å². The molecule has 8 heteroatoms. The van der Waals surface area contributed by atoms with Crippen LogP contribution in [0.15, 0.2) is 48.5 Å². The fourth-order valence-corrected chi connectivity index (χ4v) is 5.35. The first-order valence-electron chi connectivity index (χ1n) is 12.1. The first kappa shape index (κ1) is 24.7. The van der Waals surface area contributed by atoms with Crippen molar-refractivity contribution in [3.63, 3.8) is 0 Å². The summed E-state index contributed by atoms with van der Waals surface area (Å²) < 4.78 is 11.0. The molecule has 2 amide bonds. The lowest BCUT2D eigenvalue weighted by Crippen LogP contribution is -2.42. The Labute approximate surface area is 205 Å². The Morgan fingerprint density at radius 3 is 2.29 bits per heavy atom. The molecular weight excluding hydrogens is 448 g/mol. The molecule has 4 rings (SSSR count). The summed E-state index contributed by atoms with van der Waals surface area (Å²) in [6.07, 6.45) is -0.0133. The lowest BCUT2D eigenvalue weighted by molar-refractivity contribution is -0.143. The normalized spacial score (nSPS) is 19.7. The number of hydrogen-bond donors (Lipinski definition) is 2. The number of methoxy groups -OCH3 is 1. The van der Waals surface area contributed by atoms with Crippen molar-refractivity contribution >= 4 is 18.0 Å². The highest BCUT2D eigenvalue weighted by molar-refractivity contribution is 5.80. The summed E-state index contributed by atoms with van der Waals surface area (Å²) in [5, 5.41) is 12.1.